The van der Waals surface area contributed by atoms with Crippen LogP contribution in [0.4, 0.5) is 0 Å². The van der Waals surface area contributed by atoms with Crippen LogP contribution >= 0.6 is 7.82 Å². The van der Waals surface area contributed by atoms with E-state index in [4.69, 9.17) is 19.2 Å². The monoisotopic (exact) mass is 316 g/mol. The van der Waals surface area contributed by atoms with Crippen molar-refractivity contribution in [3.05, 3.63) is 0 Å². The average molecular weight is 318 g/mol. The first-order chi connectivity index (χ1) is 7.27. The van der Waals surface area contributed by atoms with E-state index < -0.39 is 13.8 Å². The second kappa shape index (κ2) is 14.3. The van der Waals surface area contributed by atoms with Crippen LogP contribution in [0.2, 0.25) is 0 Å². The van der Waals surface area contributed by atoms with E-state index in [0.29, 0.717) is 0 Å². The molecule has 0 bridgehead atoms. The van der Waals surface area contributed by atoms with Crippen molar-refractivity contribution in [1.82, 2.24) is 0 Å². The third kappa shape index (κ3) is 48.6. The molecule has 0 atom stereocenters. The molecule has 0 unspecified atom stereocenters. The van der Waals surface area contributed by atoms with Gasteiger partial charge >= 0.3 is 19.5 Å². The SMILES string of the molecule is CCCCCCCCC(=O)[O-].O=P([O-])([O-])[O-].[Zn+2]. The van der Waals surface area contributed by atoms with Crippen molar-refractivity contribution in [3.8, 4) is 0 Å². The smallest absolute Gasteiger partial charge is 0.822 e. The molecule has 0 rings (SSSR count). The second-order valence-electron chi connectivity index (χ2n) is 3.34. The van der Waals surface area contributed by atoms with E-state index in [1.807, 2.05) is 0 Å². The van der Waals surface area contributed by atoms with Crippen LogP contribution in [0.15, 0.2) is 0 Å². The number of hydrogen-bond acceptors (Lipinski definition) is 6. The molecule has 0 aromatic carbocycles. The van der Waals surface area contributed by atoms with E-state index in [2.05, 4.69) is 6.92 Å². The number of unbranched alkanes of at least 4 members (excludes halogenated alkanes) is 5. The van der Waals surface area contributed by atoms with Crippen LogP contribution in [0.25, 0.3) is 0 Å². The van der Waals surface area contributed by atoms with Gasteiger partial charge in [0.05, 0.1) is 0 Å². The second-order valence-corrected chi connectivity index (χ2v) is 4.23. The standard InChI is InChI=1S/C9H18O2.H3O4P.Zn/c1-2-3-4-5-6-7-8-9(10)11;1-5(2,3)4;/h2-8H2,1H3,(H,10,11);(H3,1,2,3,4);/q;;+2/p-4. The summed E-state index contributed by atoms with van der Waals surface area (Å²) in [5.74, 6) is -0.916. The first-order valence-corrected chi connectivity index (χ1v) is 6.66. The Balaban J connectivity index is -0.000000280. The van der Waals surface area contributed by atoms with E-state index in [1.165, 1.54) is 25.7 Å². The Labute approximate surface area is 114 Å². The van der Waals surface area contributed by atoms with Crippen molar-refractivity contribution in [2.75, 3.05) is 0 Å². The summed E-state index contributed by atoms with van der Waals surface area (Å²) in [6.07, 6.45) is 6.96. The van der Waals surface area contributed by atoms with Gasteiger partial charge in [-0.2, -0.15) is 7.82 Å². The Bertz CT molecular complexity index is 209. The Morgan fingerprint density at radius 3 is 1.71 bits per heavy atom. The summed E-state index contributed by atoms with van der Waals surface area (Å²) in [7, 11) is -5.39. The summed E-state index contributed by atoms with van der Waals surface area (Å²) in [6.45, 7) is 2.17. The van der Waals surface area contributed by atoms with E-state index >= 15 is 0 Å². The van der Waals surface area contributed by atoms with E-state index in [1.54, 1.807) is 0 Å². The summed E-state index contributed by atoms with van der Waals surface area (Å²) in [5.41, 5.74) is 0. The number of hydrogen-bond donors (Lipinski definition) is 0. The Kier molecular flexibility index (Phi) is 18.8. The van der Waals surface area contributed by atoms with Crippen molar-refractivity contribution in [2.45, 2.75) is 51.9 Å². The molecule has 0 spiro atoms. The van der Waals surface area contributed by atoms with Gasteiger partial charge in [0.1, 0.15) is 0 Å². The van der Waals surface area contributed by atoms with E-state index in [9.17, 15) is 9.90 Å². The quantitative estimate of drug-likeness (QED) is 0.325. The third-order valence-electron chi connectivity index (χ3n) is 1.73. The molecular weight excluding hydrogens is 300 g/mol. The fraction of sp³-hybridized carbons (Fsp3) is 0.889. The van der Waals surface area contributed by atoms with E-state index in [-0.39, 0.29) is 25.9 Å². The Hall–Kier alpha value is 0.203. The maximum atomic E-state index is 9.98. The molecule has 0 N–H and O–H groups in total. The molecule has 6 nitrogen and oxygen atoms in total. The normalized spacial score (nSPS) is 9.88. The molecule has 0 saturated heterocycles. The molecule has 0 radical (unpaired) electrons. The molecule has 0 saturated carbocycles. The van der Waals surface area contributed by atoms with Crippen molar-refractivity contribution < 1.29 is 48.6 Å². The largest absolute Gasteiger partial charge is 2.00 e. The number of carbonyl (C=O) groups is 1. The first-order valence-electron chi connectivity index (χ1n) is 5.20. The molecule has 0 heterocycles. The van der Waals surface area contributed by atoms with Gasteiger partial charge in [0.25, 0.3) is 0 Å². The van der Waals surface area contributed by atoms with Crippen LogP contribution in [-0.4, -0.2) is 5.97 Å². The zero-order valence-electron chi connectivity index (χ0n) is 10.1. The number of carboxylic acids is 1. The molecule has 0 fully saturated rings. The van der Waals surface area contributed by atoms with Crippen molar-refractivity contribution in [3.63, 3.8) is 0 Å². The fourth-order valence-corrected chi connectivity index (χ4v) is 1.05. The zero-order chi connectivity index (χ0) is 13.0. The number of phosphoric acid groups is 1. The molecule has 0 aliphatic rings. The van der Waals surface area contributed by atoms with Gasteiger partial charge in [-0.25, -0.2) is 0 Å². The van der Waals surface area contributed by atoms with Gasteiger partial charge < -0.3 is 29.1 Å². The molecule has 0 aromatic heterocycles. The van der Waals surface area contributed by atoms with Gasteiger partial charge in [0.2, 0.25) is 0 Å². The molecule has 8 heteroatoms. The third-order valence-corrected chi connectivity index (χ3v) is 1.73. The number of carboxylic acid groups (broad SMARTS) is 1. The van der Waals surface area contributed by atoms with Crippen LogP contribution in [0.3, 0.4) is 0 Å². The van der Waals surface area contributed by atoms with Crippen LogP contribution in [0.5, 0.6) is 0 Å². The van der Waals surface area contributed by atoms with Crippen LogP contribution in [-0.2, 0) is 28.8 Å². The van der Waals surface area contributed by atoms with Crippen molar-refractivity contribution >= 4 is 13.8 Å². The maximum Gasteiger partial charge on any atom is 2.00 e. The van der Waals surface area contributed by atoms with Crippen LogP contribution in [0, 0.1) is 0 Å². The number of carbonyl (C=O) groups excluding carboxylic acids is 1. The van der Waals surface area contributed by atoms with Crippen LogP contribution in [0.1, 0.15) is 51.9 Å². The molecule has 0 aliphatic heterocycles. The van der Waals surface area contributed by atoms with Crippen molar-refractivity contribution in [1.29, 1.82) is 0 Å². The fourth-order valence-electron chi connectivity index (χ4n) is 1.05. The van der Waals surface area contributed by atoms with Gasteiger partial charge in [-0.3, -0.25) is 0 Å². The average Bonchev–Trinajstić information content (AvgIpc) is 2.08. The molecule has 17 heavy (non-hydrogen) atoms. The molecule has 0 amide bonds. The minimum atomic E-state index is -5.39. The molecule has 0 aliphatic carbocycles. The Morgan fingerprint density at radius 1 is 1.00 bits per heavy atom. The number of aliphatic carboxylic acids is 1. The van der Waals surface area contributed by atoms with Gasteiger partial charge in [0.15, 0.2) is 0 Å². The van der Waals surface area contributed by atoms with Gasteiger partial charge in [-0.05, 0) is 12.8 Å². The maximum absolute atomic E-state index is 9.98. The van der Waals surface area contributed by atoms with Crippen molar-refractivity contribution in [2.24, 2.45) is 0 Å². The van der Waals surface area contributed by atoms with Crippen LogP contribution < -0.4 is 19.8 Å². The summed E-state index contributed by atoms with van der Waals surface area (Å²) < 4.78 is 8.55. The first kappa shape index (κ1) is 22.4. The minimum Gasteiger partial charge on any atom is -0.822 e. The summed E-state index contributed by atoms with van der Waals surface area (Å²) in [6, 6.07) is 0. The molecule has 98 valence electrons. The topological polar surface area (TPSA) is 126 Å². The summed E-state index contributed by atoms with van der Waals surface area (Å²) in [4.78, 5) is 35.6. The van der Waals surface area contributed by atoms with E-state index in [0.717, 1.165) is 12.8 Å². The Morgan fingerprint density at radius 2 is 1.35 bits per heavy atom. The summed E-state index contributed by atoms with van der Waals surface area (Å²) >= 11 is 0. The minimum absolute atomic E-state index is 0. The van der Waals surface area contributed by atoms with Gasteiger partial charge in [-0.15, -0.1) is 0 Å². The zero-order valence-corrected chi connectivity index (χ0v) is 13.9. The van der Waals surface area contributed by atoms with Gasteiger partial charge in [0, 0.05) is 5.97 Å². The summed E-state index contributed by atoms with van der Waals surface area (Å²) in [5, 5.41) is 9.98. The van der Waals surface area contributed by atoms with Gasteiger partial charge in [-0.1, -0.05) is 39.0 Å². The predicted octanol–water partition coefficient (Wildman–Crippen LogP) is -1.34. The predicted molar refractivity (Wildman–Crippen MR) is 50.6 cm³/mol. The molecular formula is C9H17O6PZn-2. The molecule has 0 aromatic rings. The number of rotatable bonds is 7.